The molecule has 0 aliphatic rings. The molecule has 0 unspecified atom stereocenters. The van der Waals surface area contributed by atoms with Crippen molar-refractivity contribution in [2.24, 2.45) is 5.73 Å². The zero-order chi connectivity index (χ0) is 13.0. The molecule has 5 heteroatoms. The molecule has 0 saturated carbocycles. The quantitative estimate of drug-likeness (QED) is 0.907. The highest BCUT2D eigenvalue weighted by molar-refractivity contribution is 5.85. The van der Waals surface area contributed by atoms with Crippen LogP contribution in [0.3, 0.4) is 0 Å². The summed E-state index contributed by atoms with van der Waals surface area (Å²) in [6.07, 6.45) is 0. The summed E-state index contributed by atoms with van der Waals surface area (Å²) >= 11 is 0. The average Bonchev–Trinajstić information content (AvgIpc) is 2.27. The predicted molar refractivity (Wildman–Crippen MR) is 75.2 cm³/mol. The van der Waals surface area contributed by atoms with Gasteiger partial charge in [-0.25, -0.2) is 0 Å². The van der Waals surface area contributed by atoms with Crippen molar-refractivity contribution in [1.82, 2.24) is 4.90 Å². The van der Waals surface area contributed by atoms with E-state index in [2.05, 4.69) is 0 Å². The Morgan fingerprint density at radius 2 is 1.83 bits per heavy atom. The number of nitrogens with zero attached hydrogens (tertiary/aromatic N) is 1. The Morgan fingerprint density at radius 1 is 1.33 bits per heavy atom. The zero-order valence-corrected chi connectivity index (χ0v) is 12.1. The lowest BCUT2D eigenvalue weighted by Crippen LogP contribution is -2.32. The Labute approximate surface area is 115 Å². The minimum absolute atomic E-state index is 0. The van der Waals surface area contributed by atoms with Gasteiger partial charge in [0.15, 0.2) is 0 Å². The van der Waals surface area contributed by atoms with Crippen LogP contribution in [-0.4, -0.2) is 31.5 Å². The Balaban J connectivity index is 0.00000289. The number of hydrogen-bond acceptors (Lipinski definition) is 3. The van der Waals surface area contributed by atoms with Crippen LogP contribution in [0, 0.1) is 13.8 Å². The van der Waals surface area contributed by atoms with Crippen LogP contribution in [0.2, 0.25) is 0 Å². The van der Waals surface area contributed by atoms with E-state index in [1.165, 1.54) is 0 Å². The molecule has 0 aromatic heterocycles. The lowest BCUT2D eigenvalue weighted by Gasteiger charge is -2.18. The molecule has 102 valence electrons. The molecule has 0 spiro atoms. The Hall–Kier alpha value is -1.26. The van der Waals surface area contributed by atoms with Gasteiger partial charge >= 0.3 is 0 Å². The van der Waals surface area contributed by atoms with Crippen LogP contribution in [0.5, 0.6) is 5.75 Å². The van der Waals surface area contributed by atoms with Crippen molar-refractivity contribution in [2.75, 3.05) is 20.7 Å². The molecule has 0 aliphatic heterocycles. The van der Waals surface area contributed by atoms with E-state index in [-0.39, 0.29) is 24.9 Å². The first-order valence-electron chi connectivity index (χ1n) is 5.57. The van der Waals surface area contributed by atoms with Gasteiger partial charge < -0.3 is 15.4 Å². The van der Waals surface area contributed by atoms with Crippen LogP contribution < -0.4 is 10.5 Å². The molecule has 18 heavy (non-hydrogen) atoms. The van der Waals surface area contributed by atoms with Gasteiger partial charge in [0.2, 0.25) is 5.91 Å². The summed E-state index contributed by atoms with van der Waals surface area (Å²) in [6.45, 7) is 4.62. The molecule has 1 amide bonds. The molecule has 0 aliphatic carbocycles. The van der Waals surface area contributed by atoms with Crippen molar-refractivity contribution < 1.29 is 9.53 Å². The first-order valence-corrected chi connectivity index (χ1v) is 5.57. The van der Waals surface area contributed by atoms with Crippen molar-refractivity contribution in [3.63, 3.8) is 0 Å². The first-order chi connectivity index (χ1) is 7.99. The first kappa shape index (κ1) is 16.7. The topological polar surface area (TPSA) is 55.6 Å². The third-order valence-electron chi connectivity index (χ3n) is 2.74. The number of aryl methyl sites for hydroxylation is 2. The Kier molecular flexibility index (Phi) is 6.73. The molecule has 4 nitrogen and oxygen atoms in total. The van der Waals surface area contributed by atoms with Crippen molar-refractivity contribution in [2.45, 2.75) is 20.4 Å². The lowest BCUT2D eigenvalue weighted by molar-refractivity contribution is -0.128. The summed E-state index contributed by atoms with van der Waals surface area (Å²) in [5.41, 5.74) is 8.57. The van der Waals surface area contributed by atoms with E-state index >= 15 is 0 Å². The van der Waals surface area contributed by atoms with E-state index in [9.17, 15) is 4.79 Å². The number of methoxy groups -OCH3 is 1. The number of benzene rings is 1. The second-order valence-corrected chi connectivity index (χ2v) is 4.22. The summed E-state index contributed by atoms with van der Waals surface area (Å²) < 4.78 is 5.30. The molecule has 2 N–H and O–H groups in total. The maximum absolute atomic E-state index is 11.4. The fourth-order valence-electron chi connectivity index (χ4n) is 1.97. The number of carbonyl (C=O) groups is 1. The van der Waals surface area contributed by atoms with E-state index in [1.807, 2.05) is 26.0 Å². The second kappa shape index (κ2) is 7.24. The van der Waals surface area contributed by atoms with E-state index < -0.39 is 0 Å². The van der Waals surface area contributed by atoms with Crippen LogP contribution in [0.15, 0.2) is 12.1 Å². The smallest absolute Gasteiger partial charge is 0.236 e. The van der Waals surface area contributed by atoms with Crippen LogP contribution >= 0.6 is 12.4 Å². The summed E-state index contributed by atoms with van der Waals surface area (Å²) in [4.78, 5) is 13.0. The average molecular weight is 273 g/mol. The number of nitrogens with two attached hydrogens (primary N) is 1. The van der Waals surface area contributed by atoms with Crippen LogP contribution in [0.4, 0.5) is 0 Å². The SMILES string of the molecule is COc1c(C)cc(CN(C)C(=O)CN)cc1C.Cl. The van der Waals surface area contributed by atoms with Gasteiger partial charge in [0, 0.05) is 13.6 Å². The van der Waals surface area contributed by atoms with Gasteiger partial charge in [-0.15, -0.1) is 12.4 Å². The van der Waals surface area contributed by atoms with Gasteiger partial charge in [-0.2, -0.15) is 0 Å². The number of ether oxygens (including phenoxy) is 1. The minimum Gasteiger partial charge on any atom is -0.496 e. The summed E-state index contributed by atoms with van der Waals surface area (Å²) in [7, 11) is 3.42. The fourth-order valence-corrected chi connectivity index (χ4v) is 1.97. The molecular formula is C13H21ClN2O2. The van der Waals surface area contributed by atoms with E-state index in [4.69, 9.17) is 10.5 Å². The highest BCUT2D eigenvalue weighted by Gasteiger charge is 2.10. The van der Waals surface area contributed by atoms with Gasteiger partial charge in [-0.3, -0.25) is 4.79 Å². The predicted octanol–water partition coefficient (Wildman–Crippen LogP) is 1.65. The Bertz CT molecular complexity index is 398. The van der Waals surface area contributed by atoms with Crippen molar-refractivity contribution in [3.8, 4) is 5.75 Å². The van der Waals surface area contributed by atoms with Gasteiger partial charge in [0.1, 0.15) is 5.75 Å². The van der Waals surface area contributed by atoms with Crippen LogP contribution in [-0.2, 0) is 11.3 Å². The van der Waals surface area contributed by atoms with Gasteiger partial charge in [-0.1, -0.05) is 12.1 Å². The monoisotopic (exact) mass is 272 g/mol. The lowest BCUT2D eigenvalue weighted by atomic mass is 10.1. The number of likely N-dealkylation sites (N-methyl/N-ethyl adjacent to an activating group) is 1. The van der Waals surface area contributed by atoms with Crippen LogP contribution in [0.1, 0.15) is 16.7 Å². The summed E-state index contributed by atoms with van der Waals surface area (Å²) in [5.74, 6) is 0.845. The third kappa shape index (κ3) is 3.89. The van der Waals surface area contributed by atoms with Gasteiger partial charge in [-0.05, 0) is 30.5 Å². The van der Waals surface area contributed by atoms with E-state index in [0.717, 1.165) is 22.4 Å². The van der Waals surface area contributed by atoms with E-state index in [1.54, 1.807) is 19.1 Å². The highest BCUT2D eigenvalue weighted by Crippen LogP contribution is 2.24. The maximum atomic E-state index is 11.4. The number of halogens is 1. The third-order valence-corrected chi connectivity index (χ3v) is 2.74. The summed E-state index contributed by atoms with van der Waals surface area (Å²) in [5, 5.41) is 0. The molecule has 0 bridgehead atoms. The molecule has 1 rings (SSSR count). The number of amides is 1. The molecule has 0 atom stereocenters. The minimum atomic E-state index is -0.0591. The standard InChI is InChI=1S/C13H20N2O2.ClH/c1-9-5-11(6-10(2)13(9)17-4)8-15(3)12(16)7-14;/h5-6H,7-8,14H2,1-4H3;1H. The zero-order valence-electron chi connectivity index (χ0n) is 11.3. The Morgan fingerprint density at radius 3 is 2.22 bits per heavy atom. The highest BCUT2D eigenvalue weighted by atomic mass is 35.5. The van der Waals surface area contributed by atoms with Crippen molar-refractivity contribution >= 4 is 18.3 Å². The second-order valence-electron chi connectivity index (χ2n) is 4.22. The van der Waals surface area contributed by atoms with Gasteiger partial charge in [0.05, 0.1) is 13.7 Å². The molecule has 0 radical (unpaired) electrons. The van der Waals surface area contributed by atoms with Crippen molar-refractivity contribution in [3.05, 3.63) is 28.8 Å². The van der Waals surface area contributed by atoms with Crippen molar-refractivity contribution in [1.29, 1.82) is 0 Å². The normalized spacial score (nSPS) is 9.61. The molecule has 0 heterocycles. The fraction of sp³-hybridized carbons (Fsp3) is 0.462. The molecule has 1 aromatic carbocycles. The number of hydrogen-bond donors (Lipinski definition) is 1. The van der Waals surface area contributed by atoms with Crippen LogP contribution in [0.25, 0.3) is 0 Å². The van der Waals surface area contributed by atoms with Gasteiger partial charge in [0.25, 0.3) is 0 Å². The largest absolute Gasteiger partial charge is 0.496 e. The molecular weight excluding hydrogens is 252 g/mol. The van der Waals surface area contributed by atoms with E-state index in [0.29, 0.717) is 6.54 Å². The molecule has 1 aromatic rings. The molecule has 0 saturated heterocycles. The summed E-state index contributed by atoms with van der Waals surface area (Å²) in [6, 6.07) is 4.07. The number of carbonyl (C=O) groups excluding carboxylic acids is 1. The number of rotatable bonds is 4. The molecule has 0 fully saturated rings. The maximum Gasteiger partial charge on any atom is 0.236 e.